The molecule has 6 nitrogen and oxygen atoms in total. The lowest BCUT2D eigenvalue weighted by Gasteiger charge is -2.08. The molecule has 8 heteroatoms. The van der Waals surface area contributed by atoms with Gasteiger partial charge in [-0.15, -0.1) is 0 Å². The van der Waals surface area contributed by atoms with Gasteiger partial charge in [-0.25, -0.2) is 4.39 Å². The average molecular weight is 438 g/mol. The summed E-state index contributed by atoms with van der Waals surface area (Å²) in [5.41, 5.74) is 1.77. The smallest absolute Gasteiger partial charge is 0.283 e. The number of hydrogen-bond acceptors (Lipinski definition) is 5. The summed E-state index contributed by atoms with van der Waals surface area (Å²) in [7, 11) is -2.49. The van der Waals surface area contributed by atoms with E-state index in [1.807, 2.05) is 0 Å². The van der Waals surface area contributed by atoms with E-state index in [4.69, 9.17) is 4.74 Å². The second-order valence-electron chi connectivity index (χ2n) is 7.08. The first-order chi connectivity index (χ1) is 14.9. The SMILES string of the molecule is COc1cccc(S(=O)(=O)n2ncc3ccc(CC(=O)Cc4ccc(F)cc4)cc32)c1. The van der Waals surface area contributed by atoms with E-state index in [-0.39, 0.29) is 29.3 Å². The van der Waals surface area contributed by atoms with Crippen LogP contribution in [0.2, 0.25) is 0 Å². The Morgan fingerprint density at radius 1 is 1.00 bits per heavy atom. The zero-order valence-corrected chi connectivity index (χ0v) is 17.5. The van der Waals surface area contributed by atoms with Crippen molar-refractivity contribution in [3.05, 3.63) is 89.9 Å². The summed E-state index contributed by atoms with van der Waals surface area (Å²) in [6, 6.07) is 17.1. The van der Waals surface area contributed by atoms with Crippen LogP contribution < -0.4 is 4.74 Å². The van der Waals surface area contributed by atoms with Gasteiger partial charge in [0.25, 0.3) is 10.0 Å². The molecule has 0 saturated heterocycles. The predicted molar refractivity (Wildman–Crippen MR) is 114 cm³/mol. The fraction of sp³-hybridized carbons (Fsp3) is 0.130. The molecule has 0 aliphatic carbocycles. The minimum absolute atomic E-state index is 0.0506. The van der Waals surface area contributed by atoms with Crippen molar-refractivity contribution in [2.75, 3.05) is 7.11 Å². The Bertz CT molecular complexity index is 1360. The first kappa shape index (κ1) is 20.7. The summed E-state index contributed by atoms with van der Waals surface area (Å²) in [5.74, 6) is 0.00412. The van der Waals surface area contributed by atoms with Crippen LogP contribution in [0.4, 0.5) is 4.39 Å². The van der Waals surface area contributed by atoms with Crippen molar-refractivity contribution < 1.29 is 22.3 Å². The summed E-state index contributed by atoms with van der Waals surface area (Å²) in [4.78, 5) is 12.5. The molecule has 4 aromatic rings. The molecule has 0 saturated carbocycles. The highest BCUT2D eigenvalue weighted by Gasteiger charge is 2.21. The maximum absolute atomic E-state index is 13.1. The molecule has 0 fully saturated rings. The molecular formula is C23H19FN2O4S. The fourth-order valence-electron chi connectivity index (χ4n) is 3.32. The Labute approximate surface area is 178 Å². The molecule has 0 aliphatic rings. The molecule has 1 heterocycles. The second kappa shape index (κ2) is 8.31. The van der Waals surface area contributed by atoms with Crippen molar-refractivity contribution in [1.82, 2.24) is 9.19 Å². The van der Waals surface area contributed by atoms with Crippen LogP contribution in [0, 0.1) is 5.82 Å². The molecule has 0 unspecified atom stereocenters. The van der Waals surface area contributed by atoms with Gasteiger partial charge in [-0.3, -0.25) is 4.79 Å². The average Bonchev–Trinajstić information content (AvgIpc) is 3.19. The normalized spacial score (nSPS) is 11.5. The predicted octanol–water partition coefficient (Wildman–Crippen LogP) is 3.78. The quantitative estimate of drug-likeness (QED) is 0.439. The van der Waals surface area contributed by atoms with E-state index >= 15 is 0 Å². The molecule has 0 spiro atoms. The van der Waals surface area contributed by atoms with Crippen molar-refractivity contribution in [3.63, 3.8) is 0 Å². The van der Waals surface area contributed by atoms with Gasteiger partial charge in [0.2, 0.25) is 0 Å². The minimum atomic E-state index is -3.95. The largest absolute Gasteiger partial charge is 0.497 e. The molecule has 0 radical (unpaired) electrons. The highest BCUT2D eigenvalue weighted by atomic mass is 32.2. The molecule has 0 atom stereocenters. The third-order valence-electron chi connectivity index (χ3n) is 4.89. The number of aromatic nitrogens is 2. The number of fused-ring (bicyclic) bond motifs is 1. The van der Waals surface area contributed by atoms with E-state index in [0.717, 1.165) is 9.65 Å². The molecule has 3 aromatic carbocycles. The lowest BCUT2D eigenvalue weighted by Crippen LogP contribution is -2.14. The highest BCUT2D eigenvalue weighted by Crippen LogP contribution is 2.24. The standard InChI is InChI=1S/C23H19FN2O4S/c1-30-21-3-2-4-22(14-21)31(28,29)26-23-13-17(5-8-18(23)15-25-26)12-20(27)11-16-6-9-19(24)10-7-16/h2-10,13-15H,11-12H2,1H3. The summed E-state index contributed by atoms with van der Waals surface area (Å²) in [5, 5.41) is 4.70. The van der Waals surface area contributed by atoms with E-state index in [0.29, 0.717) is 22.2 Å². The number of benzene rings is 3. The molecule has 158 valence electrons. The number of ketones is 1. The van der Waals surface area contributed by atoms with Gasteiger partial charge < -0.3 is 4.74 Å². The maximum Gasteiger partial charge on any atom is 0.283 e. The van der Waals surface area contributed by atoms with Gasteiger partial charge in [-0.2, -0.15) is 17.6 Å². The number of ether oxygens (including phenoxy) is 1. The molecule has 0 N–H and O–H groups in total. The van der Waals surface area contributed by atoms with Gasteiger partial charge in [-0.05, 0) is 41.5 Å². The molecule has 0 aliphatic heterocycles. The van der Waals surface area contributed by atoms with Crippen LogP contribution in [0.1, 0.15) is 11.1 Å². The number of carbonyl (C=O) groups excluding carboxylic acids is 1. The molecular weight excluding hydrogens is 419 g/mol. The Kier molecular flexibility index (Phi) is 5.56. The van der Waals surface area contributed by atoms with Crippen LogP contribution in [0.3, 0.4) is 0 Å². The van der Waals surface area contributed by atoms with Gasteiger partial charge in [0.05, 0.1) is 23.7 Å². The number of halogens is 1. The number of Topliss-reactive ketones (excluding diaryl/α,β-unsaturated/α-hetero) is 1. The summed E-state index contributed by atoms with van der Waals surface area (Å²) < 4.78 is 45.4. The van der Waals surface area contributed by atoms with Crippen molar-refractivity contribution >= 4 is 26.7 Å². The molecule has 4 rings (SSSR count). The van der Waals surface area contributed by atoms with Crippen LogP contribution in [0.5, 0.6) is 5.75 Å². The van der Waals surface area contributed by atoms with E-state index in [1.54, 1.807) is 42.5 Å². The minimum Gasteiger partial charge on any atom is -0.497 e. The summed E-state index contributed by atoms with van der Waals surface area (Å²) in [6.45, 7) is 0. The Morgan fingerprint density at radius 3 is 2.45 bits per heavy atom. The van der Waals surface area contributed by atoms with Crippen LogP contribution in [0.25, 0.3) is 10.9 Å². The number of nitrogens with zero attached hydrogens (tertiary/aromatic N) is 2. The third-order valence-corrected chi connectivity index (χ3v) is 6.48. The van der Waals surface area contributed by atoms with Crippen LogP contribution in [-0.4, -0.2) is 30.5 Å². The fourth-order valence-corrected chi connectivity index (χ4v) is 4.63. The van der Waals surface area contributed by atoms with Gasteiger partial charge >= 0.3 is 0 Å². The number of methoxy groups -OCH3 is 1. The van der Waals surface area contributed by atoms with Gasteiger partial charge in [-0.1, -0.05) is 30.3 Å². The topological polar surface area (TPSA) is 78.3 Å². The molecule has 1 aromatic heterocycles. The van der Waals surface area contributed by atoms with E-state index in [1.165, 1.54) is 37.6 Å². The summed E-state index contributed by atoms with van der Waals surface area (Å²) in [6.07, 6.45) is 1.76. The van der Waals surface area contributed by atoms with Crippen molar-refractivity contribution in [3.8, 4) is 5.75 Å². The second-order valence-corrected chi connectivity index (χ2v) is 8.85. The van der Waals surface area contributed by atoms with Gasteiger partial charge in [0.1, 0.15) is 17.3 Å². The van der Waals surface area contributed by atoms with E-state index < -0.39 is 10.0 Å². The maximum atomic E-state index is 13.1. The zero-order chi connectivity index (χ0) is 22.0. The van der Waals surface area contributed by atoms with Crippen LogP contribution >= 0.6 is 0 Å². The number of rotatable bonds is 7. The van der Waals surface area contributed by atoms with Gasteiger partial charge in [0.15, 0.2) is 0 Å². The number of hydrogen-bond donors (Lipinski definition) is 0. The molecule has 31 heavy (non-hydrogen) atoms. The Morgan fingerprint density at radius 2 is 1.71 bits per heavy atom. The van der Waals surface area contributed by atoms with Gasteiger partial charge in [0, 0.05) is 24.3 Å². The van der Waals surface area contributed by atoms with Crippen LogP contribution in [-0.2, 0) is 27.7 Å². The highest BCUT2D eigenvalue weighted by molar-refractivity contribution is 7.90. The van der Waals surface area contributed by atoms with E-state index in [9.17, 15) is 17.6 Å². The third kappa shape index (κ3) is 4.34. The lowest BCUT2D eigenvalue weighted by molar-refractivity contribution is -0.117. The monoisotopic (exact) mass is 438 g/mol. The molecule has 0 bridgehead atoms. The van der Waals surface area contributed by atoms with Crippen molar-refractivity contribution in [2.24, 2.45) is 0 Å². The Balaban J connectivity index is 1.63. The first-order valence-electron chi connectivity index (χ1n) is 9.49. The summed E-state index contributed by atoms with van der Waals surface area (Å²) >= 11 is 0. The lowest BCUT2D eigenvalue weighted by atomic mass is 10.0. The molecule has 0 amide bonds. The first-order valence-corrected chi connectivity index (χ1v) is 10.9. The van der Waals surface area contributed by atoms with E-state index in [2.05, 4.69) is 5.10 Å². The Hall–Kier alpha value is -3.52. The van der Waals surface area contributed by atoms with Crippen LogP contribution in [0.15, 0.2) is 77.8 Å². The van der Waals surface area contributed by atoms with Crippen molar-refractivity contribution in [2.45, 2.75) is 17.7 Å². The van der Waals surface area contributed by atoms with Crippen molar-refractivity contribution in [1.29, 1.82) is 0 Å². The zero-order valence-electron chi connectivity index (χ0n) is 16.7. The number of carbonyl (C=O) groups is 1.